The molecule has 1 aromatic heterocycles. The molecule has 2 aliphatic rings. The first kappa shape index (κ1) is 31.0. The van der Waals surface area contributed by atoms with Crippen LogP contribution in [-0.2, 0) is 20.1 Å². The van der Waals surface area contributed by atoms with Crippen LogP contribution in [0.4, 0.5) is 0 Å². The molecule has 5 rings (SSSR count). The molecule has 3 aromatic rings. The van der Waals surface area contributed by atoms with Gasteiger partial charge in [-0.25, -0.2) is 0 Å². The van der Waals surface area contributed by atoms with Gasteiger partial charge in [0.2, 0.25) is 0 Å². The Morgan fingerprint density at radius 3 is 1.92 bits per heavy atom. The number of hydrogen-bond acceptors (Lipinski definition) is 3. The average molecular weight is 693 g/mol. The quantitative estimate of drug-likeness (QED) is 0.267. The van der Waals surface area contributed by atoms with E-state index in [0.717, 1.165) is 60.9 Å². The van der Waals surface area contributed by atoms with E-state index in [4.69, 9.17) is 4.98 Å². The summed E-state index contributed by atoms with van der Waals surface area (Å²) in [7, 11) is 0. The van der Waals surface area contributed by atoms with Crippen LogP contribution in [0.1, 0.15) is 82.9 Å². The minimum absolute atomic E-state index is 0. The monoisotopic (exact) mass is 693 g/mol. The second-order valence-corrected chi connectivity index (χ2v) is 11.9. The van der Waals surface area contributed by atoms with Crippen molar-refractivity contribution in [2.24, 2.45) is 22.7 Å². The Hall–Kier alpha value is -1.58. The van der Waals surface area contributed by atoms with Gasteiger partial charge >= 0.3 is 0 Å². The van der Waals surface area contributed by atoms with Crippen LogP contribution in [0.25, 0.3) is 22.2 Å². The van der Waals surface area contributed by atoms with Crippen molar-refractivity contribution < 1.29 is 30.3 Å². The SMILES string of the molecule is CCC1(CC)CC2CC(CC)(CC)C(O)C2C1O.Cc1[c-]c(-c2ccc3c(C)cccc3n2)cc(C)c1.[Ir]. The van der Waals surface area contributed by atoms with Gasteiger partial charge in [0.25, 0.3) is 0 Å². The van der Waals surface area contributed by atoms with Crippen molar-refractivity contribution in [2.45, 2.75) is 99.2 Å². The summed E-state index contributed by atoms with van der Waals surface area (Å²) in [5, 5.41) is 22.7. The molecule has 4 heteroatoms. The summed E-state index contributed by atoms with van der Waals surface area (Å²) in [5.74, 6) is 0.666. The molecule has 2 aromatic carbocycles. The number of aryl methyl sites for hydroxylation is 3. The first-order valence-electron chi connectivity index (χ1n) is 14.4. The zero-order valence-corrected chi connectivity index (χ0v) is 26.7. The zero-order chi connectivity index (χ0) is 27.0. The topological polar surface area (TPSA) is 53.4 Å². The van der Waals surface area contributed by atoms with Gasteiger partial charge < -0.3 is 10.2 Å². The molecular weight excluding hydrogens is 647 g/mol. The molecule has 2 unspecified atom stereocenters. The van der Waals surface area contributed by atoms with Crippen LogP contribution in [0, 0.1) is 49.5 Å². The third-order valence-corrected chi connectivity index (χ3v) is 10.1. The van der Waals surface area contributed by atoms with E-state index in [9.17, 15) is 10.2 Å². The molecule has 0 saturated heterocycles. The molecule has 1 heterocycles. The van der Waals surface area contributed by atoms with Crippen molar-refractivity contribution in [2.75, 3.05) is 0 Å². The van der Waals surface area contributed by atoms with Gasteiger partial charge in [-0.1, -0.05) is 65.8 Å². The van der Waals surface area contributed by atoms with Crippen LogP contribution in [0.5, 0.6) is 0 Å². The second kappa shape index (κ2) is 12.3. The van der Waals surface area contributed by atoms with E-state index in [1.54, 1.807) is 0 Å². The van der Waals surface area contributed by atoms with Crippen LogP contribution in [0.3, 0.4) is 0 Å². The third-order valence-electron chi connectivity index (χ3n) is 10.1. The number of rotatable bonds is 5. The predicted octanol–water partition coefficient (Wildman–Crippen LogP) is 7.99. The molecule has 2 fully saturated rings. The first-order valence-corrected chi connectivity index (χ1v) is 14.4. The molecule has 2 saturated carbocycles. The average Bonchev–Trinajstić information content (AvgIpc) is 3.33. The molecule has 0 amide bonds. The van der Waals surface area contributed by atoms with Crippen molar-refractivity contribution in [3.05, 3.63) is 65.2 Å². The summed E-state index contributed by atoms with van der Waals surface area (Å²) in [6, 6.07) is 18.1. The fourth-order valence-corrected chi connectivity index (χ4v) is 7.54. The summed E-state index contributed by atoms with van der Waals surface area (Å²) in [5.41, 5.74) is 6.92. The Bertz CT molecular complexity index is 1180. The standard InChI is InChI=1S/C18H16N.C16H30O2.Ir/c1-12-9-13(2)11-15(10-12)17-8-7-16-14(3)5-4-6-18(16)19-17;1-5-15(6-2)9-11-10-16(7-3,8-4)14(18)12(11)13(15)17;/h4-10H,1-3H3;11-14,17-18H,5-10H2,1-4H3;/q-1;;. The summed E-state index contributed by atoms with van der Waals surface area (Å²) in [6.45, 7) is 15.0. The van der Waals surface area contributed by atoms with Crippen molar-refractivity contribution in [1.82, 2.24) is 4.98 Å². The van der Waals surface area contributed by atoms with E-state index >= 15 is 0 Å². The predicted molar refractivity (Wildman–Crippen MR) is 154 cm³/mol. The fraction of sp³-hybridized carbons (Fsp3) is 0.559. The van der Waals surface area contributed by atoms with E-state index in [2.05, 4.69) is 97.0 Å². The van der Waals surface area contributed by atoms with E-state index in [1.165, 1.54) is 16.5 Å². The van der Waals surface area contributed by atoms with Gasteiger partial charge in [-0.2, -0.15) is 0 Å². The van der Waals surface area contributed by atoms with Gasteiger partial charge in [-0.15, -0.1) is 34.9 Å². The molecule has 2 aliphatic carbocycles. The number of aromatic nitrogens is 1. The molecular formula is C34H46IrNO2-. The summed E-state index contributed by atoms with van der Waals surface area (Å²) in [6.07, 6.45) is 5.78. The van der Waals surface area contributed by atoms with E-state index in [0.29, 0.717) is 5.92 Å². The summed E-state index contributed by atoms with van der Waals surface area (Å²) in [4.78, 5) is 4.76. The van der Waals surface area contributed by atoms with Crippen LogP contribution >= 0.6 is 0 Å². The van der Waals surface area contributed by atoms with Crippen molar-refractivity contribution in [3.63, 3.8) is 0 Å². The van der Waals surface area contributed by atoms with E-state index in [1.807, 2.05) is 0 Å². The smallest absolute Gasteiger partial charge is 0.0651 e. The van der Waals surface area contributed by atoms with Gasteiger partial charge in [-0.3, -0.25) is 4.98 Å². The maximum atomic E-state index is 10.7. The largest absolute Gasteiger partial charge is 0.392 e. The van der Waals surface area contributed by atoms with Gasteiger partial charge in [0.1, 0.15) is 0 Å². The van der Waals surface area contributed by atoms with Gasteiger partial charge in [-0.05, 0) is 79.5 Å². The second-order valence-electron chi connectivity index (χ2n) is 11.9. The maximum absolute atomic E-state index is 10.7. The Morgan fingerprint density at radius 1 is 0.842 bits per heavy atom. The number of aliphatic hydroxyl groups is 2. The van der Waals surface area contributed by atoms with Gasteiger partial charge in [0.05, 0.1) is 17.7 Å². The number of benzene rings is 2. The normalized spacial score (nSPS) is 24.9. The number of aliphatic hydroxyl groups excluding tert-OH is 2. The number of pyridine rings is 1. The Balaban J connectivity index is 0.000000206. The molecule has 38 heavy (non-hydrogen) atoms. The van der Waals surface area contributed by atoms with Gasteiger partial charge in [0, 0.05) is 31.4 Å². The molecule has 209 valence electrons. The molecule has 0 spiro atoms. The number of nitrogens with zero attached hydrogens (tertiary/aromatic N) is 1. The number of hydrogen-bond donors (Lipinski definition) is 2. The van der Waals surface area contributed by atoms with Crippen LogP contribution in [-0.4, -0.2) is 27.4 Å². The zero-order valence-electron chi connectivity index (χ0n) is 24.3. The summed E-state index contributed by atoms with van der Waals surface area (Å²) < 4.78 is 0. The maximum Gasteiger partial charge on any atom is 0.0651 e. The molecule has 1 radical (unpaired) electrons. The molecule has 2 atom stereocenters. The first-order chi connectivity index (χ1) is 17.6. The molecule has 3 nitrogen and oxygen atoms in total. The van der Waals surface area contributed by atoms with Crippen molar-refractivity contribution in [1.29, 1.82) is 0 Å². The Labute approximate surface area is 243 Å². The molecule has 0 aliphatic heterocycles. The van der Waals surface area contributed by atoms with Crippen LogP contribution in [0.2, 0.25) is 0 Å². The van der Waals surface area contributed by atoms with E-state index in [-0.39, 0.29) is 49.1 Å². The minimum Gasteiger partial charge on any atom is -0.392 e. The van der Waals surface area contributed by atoms with E-state index < -0.39 is 0 Å². The summed E-state index contributed by atoms with van der Waals surface area (Å²) >= 11 is 0. The Morgan fingerprint density at radius 2 is 1.42 bits per heavy atom. The fourth-order valence-electron chi connectivity index (χ4n) is 7.54. The third kappa shape index (κ3) is 5.52. The molecule has 0 bridgehead atoms. The number of fused-ring (bicyclic) bond motifs is 2. The minimum atomic E-state index is -0.299. The van der Waals surface area contributed by atoms with Crippen LogP contribution in [0.15, 0.2) is 42.5 Å². The van der Waals surface area contributed by atoms with Crippen molar-refractivity contribution in [3.8, 4) is 11.3 Å². The molecule has 2 N–H and O–H groups in total. The van der Waals surface area contributed by atoms with Gasteiger partial charge in [0.15, 0.2) is 0 Å². The Kier molecular flexibility index (Phi) is 10.0. The van der Waals surface area contributed by atoms with Crippen LogP contribution < -0.4 is 0 Å². The van der Waals surface area contributed by atoms with Crippen molar-refractivity contribution >= 4 is 10.9 Å².